The van der Waals surface area contributed by atoms with Gasteiger partial charge in [-0.15, -0.1) is 11.3 Å². The van der Waals surface area contributed by atoms with E-state index in [-0.39, 0.29) is 11.8 Å². The summed E-state index contributed by atoms with van der Waals surface area (Å²) in [5.74, 6) is 0.959. The Morgan fingerprint density at radius 1 is 1.22 bits per heavy atom. The van der Waals surface area contributed by atoms with Crippen molar-refractivity contribution in [3.8, 4) is 11.5 Å². The molecule has 1 saturated heterocycles. The number of hydrogen-bond acceptors (Lipinski definition) is 5. The van der Waals surface area contributed by atoms with Crippen LogP contribution in [-0.2, 0) is 4.79 Å². The largest absolute Gasteiger partial charge is 0.494 e. The van der Waals surface area contributed by atoms with Gasteiger partial charge in [-0.3, -0.25) is 9.59 Å². The third-order valence-electron chi connectivity index (χ3n) is 4.37. The molecule has 2 heterocycles. The van der Waals surface area contributed by atoms with Crippen LogP contribution < -0.4 is 14.8 Å². The van der Waals surface area contributed by atoms with Gasteiger partial charge in [0.15, 0.2) is 0 Å². The van der Waals surface area contributed by atoms with Gasteiger partial charge in [0, 0.05) is 12.6 Å². The van der Waals surface area contributed by atoms with Gasteiger partial charge in [-0.05, 0) is 50.3 Å². The van der Waals surface area contributed by atoms with E-state index in [1.165, 1.54) is 11.3 Å². The zero-order valence-corrected chi connectivity index (χ0v) is 16.4. The van der Waals surface area contributed by atoms with Gasteiger partial charge >= 0.3 is 0 Å². The van der Waals surface area contributed by atoms with E-state index in [4.69, 9.17) is 9.47 Å². The molecule has 0 spiro atoms. The minimum absolute atomic E-state index is 0.0873. The third kappa shape index (κ3) is 4.42. The van der Waals surface area contributed by atoms with Crippen LogP contribution in [0.4, 0.5) is 5.69 Å². The summed E-state index contributed by atoms with van der Waals surface area (Å²) in [6.07, 6.45) is 1.46. The Kier molecular flexibility index (Phi) is 6.34. The van der Waals surface area contributed by atoms with Crippen LogP contribution in [0.25, 0.3) is 0 Å². The van der Waals surface area contributed by atoms with E-state index in [0.717, 1.165) is 6.42 Å². The number of amides is 2. The highest BCUT2D eigenvalue weighted by Crippen LogP contribution is 2.31. The lowest BCUT2D eigenvalue weighted by molar-refractivity contribution is -0.119. The first-order valence-corrected chi connectivity index (χ1v) is 10.1. The molecule has 1 aliphatic rings. The maximum Gasteiger partial charge on any atom is 0.264 e. The summed E-state index contributed by atoms with van der Waals surface area (Å²) < 4.78 is 11.1. The quantitative estimate of drug-likeness (QED) is 0.784. The van der Waals surface area contributed by atoms with E-state index in [1.54, 1.807) is 23.1 Å². The van der Waals surface area contributed by atoms with E-state index in [2.05, 4.69) is 5.32 Å². The molecule has 0 saturated carbocycles. The summed E-state index contributed by atoms with van der Waals surface area (Å²) in [4.78, 5) is 27.9. The van der Waals surface area contributed by atoms with Crippen LogP contribution in [0.15, 0.2) is 35.7 Å². The van der Waals surface area contributed by atoms with E-state index < -0.39 is 6.04 Å². The summed E-state index contributed by atoms with van der Waals surface area (Å²) in [6, 6.07) is 8.51. The minimum atomic E-state index is -0.482. The molecule has 7 heteroatoms. The molecule has 1 unspecified atom stereocenters. The zero-order chi connectivity index (χ0) is 19.2. The van der Waals surface area contributed by atoms with Crippen LogP contribution in [-0.4, -0.2) is 42.5 Å². The maximum atomic E-state index is 12.9. The summed E-state index contributed by atoms with van der Waals surface area (Å²) in [5, 5.41) is 4.80. The molecular weight excluding hydrogens is 364 g/mol. The average molecular weight is 388 g/mol. The van der Waals surface area contributed by atoms with Crippen LogP contribution in [0, 0.1) is 0 Å². The fourth-order valence-electron chi connectivity index (χ4n) is 3.18. The number of rotatable bonds is 7. The number of nitrogens with one attached hydrogen (secondary N) is 1. The average Bonchev–Trinajstić information content (AvgIpc) is 3.35. The highest BCUT2D eigenvalue weighted by Gasteiger charge is 2.35. The molecule has 1 fully saturated rings. The monoisotopic (exact) mass is 388 g/mol. The number of anilines is 1. The molecule has 3 rings (SSSR count). The Morgan fingerprint density at radius 2 is 2.04 bits per heavy atom. The fourth-order valence-corrected chi connectivity index (χ4v) is 3.86. The van der Waals surface area contributed by atoms with Crippen LogP contribution in [0.5, 0.6) is 11.5 Å². The number of nitrogens with zero attached hydrogens (tertiary/aromatic N) is 1. The van der Waals surface area contributed by atoms with Crippen molar-refractivity contribution in [3.63, 3.8) is 0 Å². The Labute approximate surface area is 163 Å². The predicted octanol–water partition coefficient (Wildman–Crippen LogP) is 3.79. The summed E-state index contributed by atoms with van der Waals surface area (Å²) in [7, 11) is 0. The molecule has 27 heavy (non-hydrogen) atoms. The lowest BCUT2D eigenvalue weighted by Crippen LogP contribution is -2.43. The van der Waals surface area contributed by atoms with Gasteiger partial charge in [-0.25, -0.2) is 0 Å². The molecule has 0 aliphatic carbocycles. The lowest BCUT2D eigenvalue weighted by Gasteiger charge is -2.24. The molecule has 144 valence electrons. The van der Waals surface area contributed by atoms with Gasteiger partial charge in [-0.2, -0.15) is 0 Å². The number of ether oxygens (including phenoxy) is 2. The molecule has 2 aromatic rings. The molecule has 0 bridgehead atoms. The number of benzene rings is 1. The molecule has 1 aromatic heterocycles. The van der Waals surface area contributed by atoms with Gasteiger partial charge in [0.25, 0.3) is 5.91 Å². The number of likely N-dealkylation sites (tertiary alicyclic amines) is 1. The number of thiophene rings is 1. The van der Waals surface area contributed by atoms with Crippen molar-refractivity contribution in [2.75, 3.05) is 25.1 Å². The molecule has 1 N–H and O–H groups in total. The smallest absolute Gasteiger partial charge is 0.264 e. The van der Waals surface area contributed by atoms with E-state index in [9.17, 15) is 9.59 Å². The first-order chi connectivity index (χ1) is 13.1. The zero-order valence-electron chi connectivity index (χ0n) is 15.6. The molecule has 1 aliphatic heterocycles. The highest BCUT2D eigenvalue weighted by molar-refractivity contribution is 7.12. The summed E-state index contributed by atoms with van der Waals surface area (Å²) in [5.41, 5.74) is 0.559. The van der Waals surface area contributed by atoms with Crippen LogP contribution in [0.2, 0.25) is 0 Å². The second-order valence-electron chi connectivity index (χ2n) is 6.15. The highest BCUT2D eigenvalue weighted by atomic mass is 32.1. The van der Waals surface area contributed by atoms with Crippen LogP contribution >= 0.6 is 11.3 Å². The Morgan fingerprint density at radius 3 is 2.74 bits per heavy atom. The third-order valence-corrected chi connectivity index (χ3v) is 5.23. The maximum absolute atomic E-state index is 12.9. The van der Waals surface area contributed by atoms with Gasteiger partial charge in [0.1, 0.15) is 17.5 Å². The standard InChI is InChI=1S/C20H24N2O4S/c1-3-25-14-9-10-17(26-4-2)15(13-14)21-19(23)16-7-5-11-22(16)20(24)18-8-6-12-27-18/h6,8-10,12-13,16H,3-5,7,11H2,1-2H3,(H,21,23). The lowest BCUT2D eigenvalue weighted by atomic mass is 10.2. The molecule has 0 radical (unpaired) electrons. The van der Waals surface area contributed by atoms with Crippen molar-refractivity contribution < 1.29 is 19.1 Å². The number of carbonyl (C=O) groups is 2. The van der Waals surface area contributed by atoms with Crippen molar-refractivity contribution >= 4 is 28.8 Å². The first-order valence-electron chi connectivity index (χ1n) is 9.19. The van der Waals surface area contributed by atoms with E-state index in [1.807, 2.05) is 31.4 Å². The van der Waals surface area contributed by atoms with Crippen LogP contribution in [0.1, 0.15) is 36.4 Å². The molecule has 6 nitrogen and oxygen atoms in total. The Balaban J connectivity index is 1.77. The van der Waals surface area contributed by atoms with Gasteiger partial charge < -0.3 is 19.7 Å². The van der Waals surface area contributed by atoms with Crippen molar-refractivity contribution in [2.45, 2.75) is 32.7 Å². The van der Waals surface area contributed by atoms with E-state index >= 15 is 0 Å². The Hall–Kier alpha value is -2.54. The van der Waals surface area contributed by atoms with Crippen molar-refractivity contribution in [2.24, 2.45) is 0 Å². The molecule has 1 aromatic carbocycles. The van der Waals surface area contributed by atoms with Gasteiger partial charge in [-0.1, -0.05) is 6.07 Å². The summed E-state index contributed by atoms with van der Waals surface area (Å²) >= 11 is 1.39. The SMILES string of the molecule is CCOc1ccc(OCC)c(NC(=O)C2CCCN2C(=O)c2cccs2)c1. The van der Waals surface area contributed by atoms with Crippen molar-refractivity contribution in [1.29, 1.82) is 0 Å². The van der Waals surface area contributed by atoms with Crippen molar-refractivity contribution in [1.82, 2.24) is 4.90 Å². The van der Waals surface area contributed by atoms with Gasteiger partial charge in [0.2, 0.25) is 5.91 Å². The van der Waals surface area contributed by atoms with Crippen LogP contribution in [0.3, 0.4) is 0 Å². The predicted molar refractivity (Wildman–Crippen MR) is 106 cm³/mol. The van der Waals surface area contributed by atoms with E-state index in [0.29, 0.717) is 48.2 Å². The normalized spacial score (nSPS) is 16.2. The first kappa shape index (κ1) is 19.2. The van der Waals surface area contributed by atoms with Crippen molar-refractivity contribution in [3.05, 3.63) is 40.6 Å². The number of hydrogen-bond donors (Lipinski definition) is 1. The minimum Gasteiger partial charge on any atom is -0.494 e. The molecule has 1 atom stereocenters. The second kappa shape index (κ2) is 8.90. The van der Waals surface area contributed by atoms with Gasteiger partial charge in [0.05, 0.1) is 23.8 Å². The molecule has 2 amide bonds. The number of carbonyl (C=O) groups excluding carboxylic acids is 2. The topological polar surface area (TPSA) is 67.9 Å². The summed E-state index contributed by atoms with van der Waals surface area (Å²) in [6.45, 7) is 5.41. The molecular formula is C20H24N2O4S. The Bertz CT molecular complexity index is 791. The fraction of sp³-hybridized carbons (Fsp3) is 0.400. The second-order valence-corrected chi connectivity index (χ2v) is 7.09.